The van der Waals surface area contributed by atoms with Crippen LogP contribution in [0.1, 0.15) is 127 Å². The van der Waals surface area contributed by atoms with Gasteiger partial charge in [0, 0.05) is 34.0 Å². The van der Waals surface area contributed by atoms with Crippen LogP contribution in [-0.4, -0.2) is 34.8 Å². The fourth-order valence-corrected chi connectivity index (χ4v) is 12.8. The van der Waals surface area contributed by atoms with Crippen LogP contribution in [0.15, 0.2) is 47.6 Å². The number of amides is 1. The van der Waals surface area contributed by atoms with Crippen molar-refractivity contribution in [2.75, 3.05) is 5.32 Å². The third-order valence-corrected chi connectivity index (χ3v) is 15.8. The Morgan fingerprint density at radius 3 is 2.25 bits per heavy atom. The van der Waals surface area contributed by atoms with Crippen molar-refractivity contribution in [3.05, 3.63) is 52.6 Å². The van der Waals surface area contributed by atoms with Crippen molar-refractivity contribution in [2.24, 2.45) is 56.2 Å². The highest BCUT2D eigenvalue weighted by molar-refractivity contribution is 6.30. The van der Waals surface area contributed by atoms with Gasteiger partial charge in [0.25, 0.3) is 0 Å². The summed E-state index contributed by atoms with van der Waals surface area (Å²) < 4.78 is 6.15. The van der Waals surface area contributed by atoms with E-state index in [4.69, 9.17) is 16.3 Å². The van der Waals surface area contributed by atoms with Crippen LogP contribution in [0.3, 0.4) is 0 Å². The van der Waals surface area contributed by atoms with Gasteiger partial charge in [0.2, 0.25) is 5.91 Å². The Morgan fingerprint density at radius 2 is 1.62 bits per heavy atom. The number of carbonyl (C=O) groups is 4. The van der Waals surface area contributed by atoms with E-state index in [0.29, 0.717) is 29.0 Å². The number of hydrogen-bond acceptors (Lipinski definition) is 5. The maximum atomic E-state index is 14.0. The molecule has 0 aromatic heterocycles. The molecule has 6 rings (SSSR count). The number of rotatable bonds is 8. The minimum atomic E-state index is -1.17. The number of carbonyl (C=O) groups excluding carboxylic acids is 3. The van der Waals surface area contributed by atoms with Crippen LogP contribution >= 0.6 is 11.6 Å². The molecule has 1 aromatic carbocycles. The van der Waals surface area contributed by atoms with Crippen LogP contribution in [0.5, 0.6) is 0 Å². The number of anilines is 1. The Balaban J connectivity index is 1.28. The Hall–Kier alpha value is -2.93. The number of allylic oxidation sites excluding steroid dienone is 3. The number of ether oxygens (including phenoxy) is 1. The molecule has 284 valence electrons. The Morgan fingerprint density at radius 1 is 0.942 bits per heavy atom. The van der Waals surface area contributed by atoms with E-state index in [-0.39, 0.29) is 57.7 Å². The first-order valence-corrected chi connectivity index (χ1v) is 20.0. The molecule has 0 heterocycles. The molecule has 0 aliphatic heterocycles. The number of carboxylic acid groups (broad SMARTS) is 1. The van der Waals surface area contributed by atoms with Gasteiger partial charge in [-0.15, -0.1) is 0 Å². The lowest BCUT2D eigenvalue weighted by Gasteiger charge is -2.72. The quantitative estimate of drug-likeness (QED) is 0.203. The first kappa shape index (κ1) is 38.8. The van der Waals surface area contributed by atoms with Gasteiger partial charge < -0.3 is 15.2 Å². The number of halogens is 1. The molecule has 0 bridgehead atoms. The lowest BCUT2D eigenvalue weighted by atomic mass is 9.33. The molecule has 8 atom stereocenters. The lowest BCUT2D eigenvalue weighted by molar-refractivity contribution is -0.232. The molecule has 0 saturated heterocycles. The van der Waals surface area contributed by atoms with E-state index >= 15 is 0 Å². The van der Waals surface area contributed by atoms with Gasteiger partial charge >= 0.3 is 11.9 Å². The molecule has 4 saturated carbocycles. The van der Waals surface area contributed by atoms with E-state index in [9.17, 15) is 24.3 Å². The van der Waals surface area contributed by atoms with Crippen molar-refractivity contribution < 1.29 is 29.0 Å². The molecule has 5 aliphatic rings. The summed E-state index contributed by atoms with van der Waals surface area (Å²) in [7, 11) is 0. The normalized spacial score (nSPS) is 36.9. The van der Waals surface area contributed by atoms with Crippen molar-refractivity contribution in [1.29, 1.82) is 0 Å². The van der Waals surface area contributed by atoms with E-state index in [1.807, 2.05) is 0 Å². The summed E-state index contributed by atoms with van der Waals surface area (Å²) in [5, 5.41) is 13.2. The monoisotopic (exact) mass is 733 g/mol. The summed E-state index contributed by atoms with van der Waals surface area (Å²) in [6, 6.07) is 7.09. The van der Waals surface area contributed by atoms with E-state index in [1.54, 1.807) is 44.2 Å². The van der Waals surface area contributed by atoms with Crippen LogP contribution in [0.4, 0.5) is 5.69 Å². The Labute approximate surface area is 315 Å². The second kappa shape index (κ2) is 13.1. The predicted octanol–water partition coefficient (Wildman–Crippen LogP) is 10.2. The van der Waals surface area contributed by atoms with Crippen molar-refractivity contribution in [3.63, 3.8) is 0 Å². The molecular weight excluding hydrogens is 674 g/mol. The number of benzene rings is 1. The zero-order chi connectivity index (χ0) is 38.2. The topological polar surface area (TPSA) is 110 Å². The minimum absolute atomic E-state index is 0.0111. The zero-order valence-corrected chi connectivity index (χ0v) is 33.5. The molecule has 7 nitrogen and oxygen atoms in total. The van der Waals surface area contributed by atoms with Crippen LogP contribution in [0.2, 0.25) is 5.02 Å². The average Bonchev–Trinajstić information content (AvgIpc) is 3.35. The molecule has 5 aliphatic carbocycles. The zero-order valence-electron chi connectivity index (χ0n) is 32.8. The van der Waals surface area contributed by atoms with Crippen molar-refractivity contribution in [3.8, 4) is 0 Å². The number of carboxylic acids is 1. The summed E-state index contributed by atoms with van der Waals surface area (Å²) in [6.45, 7) is 19.5. The van der Waals surface area contributed by atoms with Gasteiger partial charge in [0.15, 0.2) is 5.78 Å². The first-order chi connectivity index (χ1) is 24.1. The largest absolute Gasteiger partial charge is 0.481 e. The summed E-state index contributed by atoms with van der Waals surface area (Å²) in [5.41, 5.74) is 1.22. The van der Waals surface area contributed by atoms with E-state index in [2.05, 4.69) is 59.9 Å². The lowest BCUT2D eigenvalue weighted by Crippen LogP contribution is -2.65. The van der Waals surface area contributed by atoms with Gasteiger partial charge in [0.05, 0.1) is 11.8 Å². The maximum absolute atomic E-state index is 14.0. The standard InChI is InChI=1S/C44H60ClNO6/c1-26(2)36-30(47)24-44(21-18-34(48)46-28-12-10-27(45)11-13-28)23-22-42(8)29(37(36)44)14-15-32-41(7)19-17-33(52-35(49)25-39(3,4)38(50)51)40(5,6)31(41)16-20-43(32,42)9/h10-13,18,21,26,29,31-33H,14-17,19-20,22-25H2,1-9H3,(H,46,48)(H,50,51)/t29-,31+,32-,33+,41+,42-,43-,44+/m1/s1. The number of hydrogen-bond donors (Lipinski definition) is 2. The Bertz CT molecular complexity index is 1710. The van der Waals surface area contributed by atoms with Gasteiger partial charge in [-0.2, -0.15) is 0 Å². The van der Waals surface area contributed by atoms with Gasteiger partial charge in [-0.1, -0.05) is 66.1 Å². The van der Waals surface area contributed by atoms with Crippen molar-refractivity contribution >= 4 is 40.9 Å². The summed E-state index contributed by atoms with van der Waals surface area (Å²) >= 11 is 6.05. The molecule has 1 amide bonds. The highest BCUT2D eigenvalue weighted by Gasteiger charge is 2.70. The fourth-order valence-electron chi connectivity index (χ4n) is 12.6. The van der Waals surface area contributed by atoms with Gasteiger partial charge in [0.1, 0.15) is 6.10 Å². The average molecular weight is 734 g/mol. The third-order valence-electron chi connectivity index (χ3n) is 15.5. The number of nitrogens with one attached hydrogen (secondary N) is 1. The second-order valence-corrected chi connectivity index (χ2v) is 19.8. The van der Waals surface area contributed by atoms with Crippen LogP contribution < -0.4 is 5.32 Å². The third kappa shape index (κ3) is 6.09. The molecule has 52 heavy (non-hydrogen) atoms. The summed E-state index contributed by atoms with van der Waals surface area (Å²) in [4.78, 5) is 52.0. The number of fused-ring (bicyclic) bond motifs is 7. The highest BCUT2D eigenvalue weighted by Crippen LogP contribution is 2.77. The van der Waals surface area contributed by atoms with Crippen molar-refractivity contribution in [1.82, 2.24) is 0 Å². The van der Waals surface area contributed by atoms with E-state index in [0.717, 1.165) is 56.9 Å². The molecule has 8 heteroatoms. The van der Waals surface area contributed by atoms with Crippen LogP contribution in [0, 0.1) is 56.2 Å². The molecular formula is C44H60ClNO6. The van der Waals surface area contributed by atoms with Gasteiger partial charge in [-0.05, 0) is 141 Å². The Kier molecular flexibility index (Phi) is 9.79. The highest BCUT2D eigenvalue weighted by atomic mass is 35.5. The molecule has 0 spiro atoms. The first-order valence-electron chi connectivity index (χ1n) is 19.6. The van der Waals surface area contributed by atoms with E-state index < -0.39 is 22.8 Å². The molecule has 0 radical (unpaired) electrons. The number of aliphatic carboxylic acids is 1. The predicted molar refractivity (Wildman–Crippen MR) is 205 cm³/mol. The van der Waals surface area contributed by atoms with Gasteiger partial charge in [-0.3, -0.25) is 19.2 Å². The number of ketones is 1. The molecule has 0 unspecified atom stereocenters. The summed E-state index contributed by atoms with van der Waals surface area (Å²) in [5.74, 6) is -0.168. The SMILES string of the molecule is CC(C)C1=C2[C@H]3CC[C@@H]4[C@@]5(C)CC[C@H](OC(=O)CC(C)(C)C(=O)O)C(C)(C)[C@@H]5CC[C@@]4(C)[C@]3(C)CC[C@@]2(C=CC(=O)Nc2ccc(Cl)cc2)CC1=O. The number of Topliss-reactive ketones (excluding diaryl/α,β-unsaturated/α-hetero) is 1. The minimum Gasteiger partial charge on any atom is -0.481 e. The van der Waals surface area contributed by atoms with Gasteiger partial charge in [-0.25, -0.2) is 0 Å². The molecule has 1 aromatic rings. The van der Waals surface area contributed by atoms with Crippen molar-refractivity contribution in [2.45, 2.75) is 133 Å². The molecule has 4 fully saturated rings. The smallest absolute Gasteiger partial charge is 0.309 e. The van der Waals surface area contributed by atoms with E-state index in [1.165, 1.54) is 5.57 Å². The maximum Gasteiger partial charge on any atom is 0.309 e. The van der Waals surface area contributed by atoms with Crippen LogP contribution in [0.25, 0.3) is 0 Å². The fraction of sp³-hybridized carbons (Fsp3) is 0.682. The summed E-state index contributed by atoms with van der Waals surface area (Å²) in [6.07, 6.45) is 11.6. The molecule has 2 N–H and O–H groups in total. The van der Waals surface area contributed by atoms with Crippen LogP contribution in [-0.2, 0) is 23.9 Å². The second-order valence-electron chi connectivity index (χ2n) is 19.4. The number of esters is 1.